The number of piperidine rings is 1. The minimum Gasteiger partial charge on any atom is -0.481 e. The van der Waals surface area contributed by atoms with Crippen molar-refractivity contribution in [3.63, 3.8) is 0 Å². The Labute approximate surface area is 120 Å². The molecule has 1 aliphatic heterocycles. The number of carboxylic acid groups (broad SMARTS) is 1. The van der Waals surface area contributed by atoms with Crippen molar-refractivity contribution < 1.29 is 19.4 Å². The third-order valence-electron chi connectivity index (χ3n) is 3.99. The van der Waals surface area contributed by atoms with E-state index in [1.165, 1.54) is 0 Å². The molecule has 0 aromatic carbocycles. The number of ether oxygens (including phenoxy) is 1. The van der Waals surface area contributed by atoms with Gasteiger partial charge in [-0.1, -0.05) is 6.92 Å². The molecule has 2 amide bonds. The summed E-state index contributed by atoms with van der Waals surface area (Å²) in [5.74, 6) is -1.44. The lowest BCUT2D eigenvalue weighted by molar-refractivity contribution is -0.141. The van der Waals surface area contributed by atoms with Gasteiger partial charge in [0.25, 0.3) is 0 Å². The number of methoxy groups -OCH3 is 1. The molecule has 0 aliphatic carbocycles. The van der Waals surface area contributed by atoms with Crippen molar-refractivity contribution in [1.29, 1.82) is 0 Å². The van der Waals surface area contributed by atoms with E-state index in [9.17, 15) is 9.59 Å². The zero-order valence-electron chi connectivity index (χ0n) is 12.9. The summed E-state index contributed by atoms with van der Waals surface area (Å²) in [6.07, 6.45) is 1.84. The quantitative estimate of drug-likeness (QED) is 0.834. The van der Waals surface area contributed by atoms with Gasteiger partial charge in [-0.25, -0.2) is 4.79 Å². The monoisotopic (exact) mass is 286 g/mol. The van der Waals surface area contributed by atoms with Crippen LogP contribution >= 0.6 is 0 Å². The van der Waals surface area contributed by atoms with Gasteiger partial charge in [0.1, 0.15) is 0 Å². The normalized spacial score (nSPS) is 24.3. The maximum atomic E-state index is 12.5. The number of likely N-dealkylation sites (tertiary alicyclic amines) is 1. The van der Waals surface area contributed by atoms with E-state index >= 15 is 0 Å². The van der Waals surface area contributed by atoms with Crippen LogP contribution in [0.4, 0.5) is 4.79 Å². The summed E-state index contributed by atoms with van der Waals surface area (Å²) in [6.45, 7) is 7.50. The molecule has 0 saturated carbocycles. The number of nitrogens with zero attached hydrogens (tertiary/aromatic N) is 2. The first-order valence-corrected chi connectivity index (χ1v) is 7.14. The summed E-state index contributed by atoms with van der Waals surface area (Å²) < 4.78 is 5.49. The van der Waals surface area contributed by atoms with Crippen molar-refractivity contribution >= 4 is 12.0 Å². The van der Waals surface area contributed by atoms with E-state index < -0.39 is 11.9 Å². The number of hydrogen-bond acceptors (Lipinski definition) is 3. The van der Waals surface area contributed by atoms with Gasteiger partial charge in [-0.05, 0) is 26.7 Å². The molecule has 0 radical (unpaired) electrons. The van der Waals surface area contributed by atoms with Crippen LogP contribution in [0.25, 0.3) is 0 Å². The van der Waals surface area contributed by atoms with Crippen molar-refractivity contribution in [3.05, 3.63) is 0 Å². The van der Waals surface area contributed by atoms with Gasteiger partial charge in [0.2, 0.25) is 0 Å². The Hall–Kier alpha value is -1.30. The van der Waals surface area contributed by atoms with E-state index in [4.69, 9.17) is 9.84 Å². The van der Waals surface area contributed by atoms with Gasteiger partial charge in [-0.2, -0.15) is 0 Å². The highest BCUT2D eigenvalue weighted by Crippen LogP contribution is 2.24. The van der Waals surface area contributed by atoms with E-state index in [1.807, 2.05) is 13.8 Å². The van der Waals surface area contributed by atoms with Crippen molar-refractivity contribution in [1.82, 2.24) is 9.80 Å². The number of amides is 2. The van der Waals surface area contributed by atoms with Gasteiger partial charge in [0.05, 0.1) is 18.1 Å². The van der Waals surface area contributed by atoms with Crippen LogP contribution in [-0.4, -0.2) is 65.8 Å². The molecule has 1 aliphatic rings. The van der Waals surface area contributed by atoms with E-state index in [2.05, 4.69) is 0 Å². The Morgan fingerprint density at radius 2 is 2.15 bits per heavy atom. The van der Waals surface area contributed by atoms with Crippen LogP contribution in [0.3, 0.4) is 0 Å². The van der Waals surface area contributed by atoms with Crippen molar-refractivity contribution in [2.45, 2.75) is 39.2 Å². The highest BCUT2D eigenvalue weighted by atomic mass is 16.5. The Bertz CT molecular complexity index is 361. The van der Waals surface area contributed by atoms with E-state index in [1.54, 1.807) is 23.8 Å². The third-order valence-corrected chi connectivity index (χ3v) is 3.99. The predicted octanol–water partition coefficient (Wildman–Crippen LogP) is 1.65. The fourth-order valence-electron chi connectivity index (χ4n) is 2.49. The zero-order valence-corrected chi connectivity index (χ0v) is 12.9. The average molecular weight is 286 g/mol. The minimum absolute atomic E-state index is 0.0939. The number of rotatable bonds is 5. The van der Waals surface area contributed by atoms with Crippen LogP contribution in [0.15, 0.2) is 0 Å². The summed E-state index contributed by atoms with van der Waals surface area (Å²) in [7, 11) is 1.66. The van der Waals surface area contributed by atoms with Gasteiger partial charge in [-0.15, -0.1) is 0 Å². The molecule has 1 saturated heterocycles. The van der Waals surface area contributed by atoms with Crippen LogP contribution in [0.1, 0.15) is 33.6 Å². The fraction of sp³-hybridized carbons (Fsp3) is 0.857. The second-order valence-electron chi connectivity index (χ2n) is 5.74. The summed E-state index contributed by atoms with van der Waals surface area (Å²) >= 11 is 0. The van der Waals surface area contributed by atoms with Crippen molar-refractivity contribution in [2.75, 3.05) is 33.3 Å². The number of aliphatic carboxylic acids is 1. The second-order valence-corrected chi connectivity index (χ2v) is 5.74. The molecule has 0 bridgehead atoms. The van der Waals surface area contributed by atoms with Gasteiger partial charge in [-0.3, -0.25) is 4.79 Å². The molecule has 0 spiro atoms. The molecule has 1 heterocycles. The highest BCUT2D eigenvalue weighted by molar-refractivity contribution is 5.76. The maximum absolute atomic E-state index is 12.5. The highest BCUT2D eigenvalue weighted by Gasteiger charge is 2.34. The molecule has 1 fully saturated rings. The molecule has 1 rings (SSSR count). The van der Waals surface area contributed by atoms with Crippen LogP contribution < -0.4 is 0 Å². The molecular weight excluding hydrogens is 260 g/mol. The molecule has 6 heteroatoms. The lowest BCUT2D eigenvalue weighted by Gasteiger charge is -2.41. The third kappa shape index (κ3) is 4.10. The Morgan fingerprint density at radius 1 is 1.50 bits per heavy atom. The molecule has 2 atom stereocenters. The Balaban J connectivity index is 2.68. The standard InChI is InChI=1S/C14H26N2O4/c1-5-15(9-11(2)12(17)18)13(19)16-8-6-7-14(3,10-16)20-4/h11H,5-10H2,1-4H3,(H,17,18). The minimum atomic E-state index is -0.878. The lowest BCUT2D eigenvalue weighted by atomic mass is 9.95. The molecule has 2 unspecified atom stereocenters. The number of carbonyl (C=O) groups excluding carboxylic acids is 1. The average Bonchev–Trinajstić information content (AvgIpc) is 2.43. The molecule has 6 nitrogen and oxygen atoms in total. The van der Waals surface area contributed by atoms with Gasteiger partial charge in [0, 0.05) is 26.7 Å². The van der Waals surface area contributed by atoms with Crippen LogP contribution in [0.5, 0.6) is 0 Å². The molecular formula is C14H26N2O4. The second kappa shape index (κ2) is 6.92. The first kappa shape index (κ1) is 16.8. The van der Waals surface area contributed by atoms with Crippen LogP contribution in [0.2, 0.25) is 0 Å². The molecule has 0 aromatic heterocycles. The van der Waals surface area contributed by atoms with E-state index in [0.717, 1.165) is 12.8 Å². The Kier molecular flexibility index (Phi) is 5.80. The zero-order chi connectivity index (χ0) is 15.3. The fourth-order valence-corrected chi connectivity index (χ4v) is 2.49. The van der Waals surface area contributed by atoms with Gasteiger partial charge >= 0.3 is 12.0 Å². The van der Waals surface area contributed by atoms with Crippen LogP contribution in [-0.2, 0) is 9.53 Å². The first-order chi connectivity index (χ1) is 9.33. The summed E-state index contributed by atoms with van der Waals surface area (Å²) in [4.78, 5) is 26.8. The first-order valence-electron chi connectivity index (χ1n) is 7.14. The molecule has 20 heavy (non-hydrogen) atoms. The number of urea groups is 1. The smallest absolute Gasteiger partial charge is 0.320 e. The lowest BCUT2D eigenvalue weighted by Crippen LogP contribution is -2.54. The maximum Gasteiger partial charge on any atom is 0.320 e. The van der Waals surface area contributed by atoms with Gasteiger partial charge in [0.15, 0.2) is 0 Å². The van der Waals surface area contributed by atoms with Crippen LogP contribution in [0, 0.1) is 5.92 Å². The number of carbonyl (C=O) groups is 2. The van der Waals surface area contributed by atoms with Crippen molar-refractivity contribution in [3.8, 4) is 0 Å². The topological polar surface area (TPSA) is 70.1 Å². The summed E-state index contributed by atoms with van der Waals surface area (Å²) in [5, 5.41) is 8.97. The van der Waals surface area contributed by atoms with E-state index in [0.29, 0.717) is 19.6 Å². The van der Waals surface area contributed by atoms with Gasteiger partial charge < -0.3 is 19.6 Å². The SMILES string of the molecule is CCN(CC(C)C(=O)O)C(=O)N1CCCC(C)(OC)C1. The Morgan fingerprint density at radius 3 is 2.65 bits per heavy atom. The van der Waals surface area contributed by atoms with E-state index in [-0.39, 0.29) is 18.2 Å². The van der Waals surface area contributed by atoms with Crippen molar-refractivity contribution in [2.24, 2.45) is 5.92 Å². The summed E-state index contributed by atoms with van der Waals surface area (Å²) in [6, 6.07) is -0.0939. The molecule has 0 aromatic rings. The summed E-state index contributed by atoms with van der Waals surface area (Å²) in [5.41, 5.74) is -0.300. The molecule has 116 valence electrons. The largest absolute Gasteiger partial charge is 0.481 e. The molecule has 1 N–H and O–H groups in total. The number of carboxylic acids is 1. The number of hydrogen-bond donors (Lipinski definition) is 1. The predicted molar refractivity (Wildman–Crippen MR) is 75.7 cm³/mol.